The fourth-order valence-corrected chi connectivity index (χ4v) is 0.718. The van der Waals surface area contributed by atoms with Crippen molar-refractivity contribution in [3.63, 3.8) is 0 Å². The smallest absolute Gasteiger partial charge is 0.335 e. The Labute approximate surface area is 112 Å². The molecule has 0 aliphatic rings. The van der Waals surface area contributed by atoms with Crippen molar-refractivity contribution in [2.75, 3.05) is 0 Å². The third kappa shape index (κ3) is 6.00. The molecule has 5 heteroatoms. The van der Waals surface area contributed by atoms with Gasteiger partial charge in [-0.15, -0.1) is 0 Å². The minimum atomic E-state index is -1.01. The second-order valence-electron chi connectivity index (χ2n) is 4.93. The number of carbonyl (C=O) groups is 1. The van der Waals surface area contributed by atoms with Gasteiger partial charge in [0, 0.05) is 5.02 Å². The standard InChI is InChI=1S/C7H5ClO2.C6H14O2/c8-6-3-1-5(2-4-6)7(9)10;1-5(2,7)6(3,4)8/h1-4H,(H,9,10);7-8H,1-4H3. The molecule has 0 fully saturated rings. The first-order valence-electron chi connectivity index (χ1n) is 5.39. The highest BCUT2D eigenvalue weighted by atomic mass is 35.5. The van der Waals surface area contributed by atoms with Crippen molar-refractivity contribution in [3.8, 4) is 0 Å². The molecule has 0 aliphatic carbocycles. The van der Waals surface area contributed by atoms with E-state index in [0.717, 1.165) is 0 Å². The Bertz CT molecular complexity index is 373. The van der Waals surface area contributed by atoms with E-state index in [0.29, 0.717) is 5.02 Å². The Kier molecular flexibility index (Phi) is 5.80. The highest BCUT2D eigenvalue weighted by molar-refractivity contribution is 6.30. The number of rotatable bonds is 2. The van der Waals surface area contributed by atoms with Gasteiger partial charge in [-0.25, -0.2) is 4.79 Å². The Hall–Kier alpha value is -1.10. The Morgan fingerprint density at radius 2 is 1.33 bits per heavy atom. The molecule has 3 N–H and O–H groups in total. The van der Waals surface area contributed by atoms with Gasteiger partial charge in [0.2, 0.25) is 0 Å². The average Bonchev–Trinajstić information content (AvgIpc) is 2.16. The molecule has 18 heavy (non-hydrogen) atoms. The summed E-state index contributed by atoms with van der Waals surface area (Å²) in [4.78, 5) is 10.3. The van der Waals surface area contributed by atoms with Crippen LogP contribution in [0.15, 0.2) is 24.3 Å². The van der Waals surface area contributed by atoms with Crippen molar-refractivity contribution in [1.82, 2.24) is 0 Å². The Morgan fingerprint density at radius 3 is 1.56 bits per heavy atom. The van der Waals surface area contributed by atoms with Crippen LogP contribution in [0.3, 0.4) is 0 Å². The molecule has 0 unspecified atom stereocenters. The number of carboxylic acid groups (broad SMARTS) is 1. The van der Waals surface area contributed by atoms with Crippen LogP contribution in [0, 0.1) is 0 Å². The van der Waals surface area contributed by atoms with Crippen molar-refractivity contribution < 1.29 is 20.1 Å². The third-order valence-electron chi connectivity index (χ3n) is 2.59. The number of aromatic carboxylic acids is 1. The summed E-state index contributed by atoms with van der Waals surface area (Å²) in [5, 5.41) is 27.2. The van der Waals surface area contributed by atoms with E-state index in [1.165, 1.54) is 12.1 Å². The maximum absolute atomic E-state index is 10.3. The van der Waals surface area contributed by atoms with E-state index in [1.807, 2.05) is 0 Å². The van der Waals surface area contributed by atoms with E-state index in [9.17, 15) is 4.79 Å². The van der Waals surface area contributed by atoms with Crippen LogP contribution in [0.4, 0.5) is 0 Å². The van der Waals surface area contributed by atoms with Gasteiger partial charge < -0.3 is 15.3 Å². The zero-order valence-electron chi connectivity index (χ0n) is 10.9. The maximum atomic E-state index is 10.3. The van der Waals surface area contributed by atoms with E-state index in [4.69, 9.17) is 26.9 Å². The highest BCUT2D eigenvalue weighted by Crippen LogP contribution is 2.19. The number of benzene rings is 1. The van der Waals surface area contributed by atoms with Gasteiger partial charge in [0.05, 0.1) is 16.8 Å². The van der Waals surface area contributed by atoms with E-state index < -0.39 is 17.2 Å². The van der Waals surface area contributed by atoms with Crippen LogP contribution in [0.1, 0.15) is 38.1 Å². The average molecular weight is 275 g/mol. The summed E-state index contributed by atoms with van der Waals surface area (Å²) < 4.78 is 0. The van der Waals surface area contributed by atoms with Crippen molar-refractivity contribution in [2.45, 2.75) is 38.9 Å². The summed E-state index contributed by atoms with van der Waals surface area (Å²) in [6.07, 6.45) is 0. The molecule has 0 aromatic heterocycles. The second-order valence-corrected chi connectivity index (χ2v) is 5.37. The molecule has 1 rings (SSSR count). The summed E-state index contributed by atoms with van der Waals surface area (Å²) >= 11 is 5.52. The molecule has 1 aromatic rings. The fraction of sp³-hybridized carbons (Fsp3) is 0.462. The SMILES string of the molecule is CC(C)(O)C(C)(C)O.O=C(O)c1ccc(Cl)cc1. The second kappa shape index (κ2) is 6.18. The van der Waals surface area contributed by atoms with Gasteiger partial charge in [0.25, 0.3) is 0 Å². The summed E-state index contributed by atoms with van der Waals surface area (Å²) in [5.74, 6) is -0.934. The molecule has 0 spiro atoms. The topological polar surface area (TPSA) is 77.8 Å². The molecule has 0 aliphatic heterocycles. The van der Waals surface area contributed by atoms with E-state index >= 15 is 0 Å². The lowest BCUT2D eigenvalue weighted by molar-refractivity contribution is -0.107. The van der Waals surface area contributed by atoms with Gasteiger partial charge >= 0.3 is 5.97 Å². The molecule has 0 saturated carbocycles. The van der Waals surface area contributed by atoms with Crippen molar-refractivity contribution in [3.05, 3.63) is 34.9 Å². The summed E-state index contributed by atoms with van der Waals surface area (Å²) in [5.41, 5.74) is -1.76. The van der Waals surface area contributed by atoms with Gasteiger partial charge in [-0.1, -0.05) is 11.6 Å². The lowest BCUT2D eigenvalue weighted by Crippen LogP contribution is -2.44. The lowest BCUT2D eigenvalue weighted by Gasteiger charge is -2.31. The van der Waals surface area contributed by atoms with Crippen LogP contribution in [-0.2, 0) is 0 Å². The predicted octanol–water partition coefficient (Wildman–Crippen LogP) is 2.57. The largest absolute Gasteiger partial charge is 0.478 e. The number of aliphatic hydroxyl groups is 2. The fourth-order valence-electron chi connectivity index (χ4n) is 0.592. The summed E-state index contributed by atoms with van der Waals surface area (Å²) in [7, 11) is 0. The number of hydrogen-bond acceptors (Lipinski definition) is 3. The zero-order chi connectivity index (χ0) is 14.6. The van der Waals surface area contributed by atoms with Gasteiger partial charge in [-0.2, -0.15) is 0 Å². The lowest BCUT2D eigenvalue weighted by atomic mass is 9.90. The van der Waals surface area contributed by atoms with Crippen LogP contribution < -0.4 is 0 Å². The predicted molar refractivity (Wildman–Crippen MR) is 71.0 cm³/mol. The number of carboxylic acids is 1. The minimum absolute atomic E-state index is 0.254. The first-order chi connectivity index (χ1) is 7.95. The maximum Gasteiger partial charge on any atom is 0.335 e. The van der Waals surface area contributed by atoms with Crippen LogP contribution >= 0.6 is 11.6 Å². The molecular weight excluding hydrogens is 256 g/mol. The molecule has 0 saturated heterocycles. The van der Waals surface area contributed by atoms with Gasteiger partial charge in [0.15, 0.2) is 0 Å². The van der Waals surface area contributed by atoms with Gasteiger partial charge in [-0.05, 0) is 52.0 Å². The summed E-state index contributed by atoms with van der Waals surface area (Å²) in [6.45, 7) is 6.31. The monoisotopic (exact) mass is 274 g/mol. The van der Waals surface area contributed by atoms with Gasteiger partial charge in [-0.3, -0.25) is 0 Å². The van der Waals surface area contributed by atoms with Crippen LogP contribution in [0.25, 0.3) is 0 Å². The number of halogens is 1. The first kappa shape index (κ1) is 16.9. The molecular formula is C13H19ClO4. The van der Waals surface area contributed by atoms with Crippen LogP contribution in [0.5, 0.6) is 0 Å². The Morgan fingerprint density at radius 1 is 1.00 bits per heavy atom. The van der Waals surface area contributed by atoms with Crippen LogP contribution in [0.2, 0.25) is 5.02 Å². The Balaban J connectivity index is 0.000000331. The van der Waals surface area contributed by atoms with Crippen LogP contribution in [-0.4, -0.2) is 32.5 Å². The zero-order valence-corrected chi connectivity index (χ0v) is 11.7. The first-order valence-corrected chi connectivity index (χ1v) is 5.76. The molecule has 0 heterocycles. The van der Waals surface area contributed by atoms with Crippen molar-refractivity contribution in [1.29, 1.82) is 0 Å². The van der Waals surface area contributed by atoms with Crippen molar-refractivity contribution in [2.24, 2.45) is 0 Å². The molecule has 4 nitrogen and oxygen atoms in total. The summed E-state index contributed by atoms with van der Waals surface area (Å²) in [6, 6.07) is 6.02. The van der Waals surface area contributed by atoms with E-state index in [1.54, 1.807) is 39.8 Å². The quantitative estimate of drug-likeness (QED) is 0.774. The van der Waals surface area contributed by atoms with Gasteiger partial charge in [0.1, 0.15) is 0 Å². The third-order valence-corrected chi connectivity index (χ3v) is 2.84. The molecule has 0 amide bonds. The molecule has 0 atom stereocenters. The molecule has 102 valence electrons. The highest BCUT2D eigenvalue weighted by Gasteiger charge is 2.31. The number of hydrogen-bond donors (Lipinski definition) is 3. The van der Waals surface area contributed by atoms with E-state index in [2.05, 4.69) is 0 Å². The normalized spacial score (nSPS) is 11.5. The molecule has 0 bridgehead atoms. The van der Waals surface area contributed by atoms with Crippen molar-refractivity contribution >= 4 is 17.6 Å². The molecule has 0 radical (unpaired) electrons. The molecule has 1 aromatic carbocycles. The van der Waals surface area contributed by atoms with E-state index in [-0.39, 0.29) is 5.56 Å². The minimum Gasteiger partial charge on any atom is -0.478 e.